The highest BCUT2D eigenvalue weighted by Gasteiger charge is 2.19. The van der Waals surface area contributed by atoms with Gasteiger partial charge in [-0.1, -0.05) is 6.92 Å². The molecule has 0 aliphatic rings. The highest BCUT2D eigenvalue weighted by atomic mass is 32.2. The van der Waals surface area contributed by atoms with Crippen molar-refractivity contribution < 1.29 is 40.4 Å². The number of rotatable bonds is 10. The van der Waals surface area contributed by atoms with Crippen molar-refractivity contribution in [1.29, 1.82) is 0 Å². The Bertz CT molecular complexity index is 2340. The van der Waals surface area contributed by atoms with Crippen molar-refractivity contribution >= 4 is 70.7 Å². The van der Waals surface area contributed by atoms with Gasteiger partial charge in [-0.25, -0.2) is 8.42 Å². The number of aromatic hydroxyl groups is 2. The Balaban J connectivity index is 1.53. The van der Waals surface area contributed by atoms with Crippen molar-refractivity contribution in [2.75, 3.05) is 23.4 Å². The van der Waals surface area contributed by atoms with E-state index < -0.39 is 42.6 Å². The molecule has 5 aromatic rings. The lowest BCUT2D eigenvalue weighted by Crippen LogP contribution is -2.02. The van der Waals surface area contributed by atoms with Crippen LogP contribution in [-0.4, -0.2) is 54.4 Å². The zero-order valence-corrected chi connectivity index (χ0v) is 26.4. The Morgan fingerprint density at radius 1 is 0.792 bits per heavy atom. The van der Waals surface area contributed by atoms with E-state index in [2.05, 4.69) is 41.1 Å². The lowest BCUT2D eigenvalue weighted by molar-refractivity contribution is 0.473. The first kappa shape index (κ1) is 33.7. The second-order valence-corrected chi connectivity index (χ2v) is 13.5. The van der Waals surface area contributed by atoms with Crippen LogP contribution < -0.4 is 10.6 Å². The average molecular weight is 699 g/mol. The van der Waals surface area contributed by atoms with Crippen LogP contribution in [-0.2, 0) is 20.0 Å². The normalized spacial score (nSPS) is 12.3. The Hall–Kier alpha value is -5.66. The molecule has 0 amide bonds. The van der Waals surface area contributed by atoms with Gasteiger partial charge in [0.2, 0.25) is 5.95 Å². The van der Waals surface area contributed by atoms with Crippen LogP contribution in [0.1, 0.15) is 6.92 Å². The van der Waals surface area contributed by atoms with Gasteiger partial charge in [-0.3, -0.25) is 4.55 Å². The van der Waals surface area contributed by atoms with E-state index in [1.165, 1.54) is 37.3 Å². The van der Waals surface area contributed by atoms with Gasteiger partial charge >= 0.3 is 6.08 Å². The summed E-state index contributed by atoms with van der Waals surface area (Å²) in [5.74, 6) is -2.37. The number of hydrogen-bond acceptors (Lipinski definition) is 14. The molecule has 0 saturated carbocycles. The van der Waals surface area contributed by atoms with Gasteiger partial charge in [-0.05, 0) is 54.6 Å². The minimum atomic E-state index is -4.81. The molecule has 0 unspecified atom stereocenters. The number of sulfone groups is 1. The van der Waals surface area contributed by atoms with E-state index in [0.29, 0.717) is 11.1 Å². The summed E-state index contributed by atoms with van der Waals surface area (Å²) in [6, 6.07) is 13.8. The summed E-state index contributed by atoms with van der Waals surface area (Å²) in [6.45, 7) is 1.47. The average Bonchev–Trinajstić information content (AvgIpc) is 3.02. The molecule has 0 atom stereocenters. The standard InChI is InChI=1S/C29H24F2N8O7S2/c1-3-47(42,43)16-5-8-19(23(40)13-16)36-37-21-10-6-17-18(28(21)41)7-9-20(32-2)27(17)39-38-22-12-15(4-11-24(22)48(44,45)46)33-26-14-25(30)34-29(31)35-26/h4-14,32,40-41H,3H2,1-2H3,(H,33,34,35)(H,44,45,46). The number of benzene rings is 4. The van der Waals surface area contributed by atoms with E-state index in [9.17, 15) is 40.4 Å². The maximum atomic E-state index is 13.5. The smallest absolute Gasteiger partial charge is 0.313 e. The van der Waals surface area contributed by atoms with E-state index in [4.69, 9.17) is 0 Å². The Labute approximate surface area is 271 Å². The van der Waals surface area contributed by atoms with Gasteiger partial charge in [0, 0.05) is 35.6 Å². The molecule has 0 fully saturated rings. The molecule has 0 aliphatic heterocycles. The van der Waals surface area contributed by atoms with E-state index in [0.717, 1.165) is 24.3 Å². The van der Waals surface area contributed by atoms with Gasteiger partial charge in [0.25, 0.3) is 10.1 Å². The van der Waals surface area contributed by atoms with Crippen LogP contribution in [0.5, 0.6) is 11.5 Å². The van der Waals surface area contributed by atoms with E-state index in [1.54, 1.807) is 19.2 Å². The molecule has 15 nitrogen and oxygen atoms in total. The number of azo groups is 2. The Kier molecular flexibility index (Phi) is 9.28. The Morgan fingerprint density at radius 2 is 1.48 bits per heavy atom. The van der Waals surface area contributed by atoms with Gasteiger partial charge < -0.3 is 20.8 Å². The van der Waals surface area contributed by atoms with Crippen molar-refractivity contribution in [2.45, 2.75) is 16.7 Å². The number of anilines is 3. The zero-order valence-electron chi connectivity index (χ0n) is 24.8. The molecule has 5 rings (SSSR count). The van der Waals surface area contributed by atoms with Crippen LogP contribution in [0.4, 0.5) is 48.7 Å². The molecule has 0 saturated heterocycles. The summed E-state index contributed by atoms with van der Waals surface area (Å²) in [5.41, 5.74) is 0.202. The van der Waals surface area contributed by atoms with Crippen molar-refractivity contribution in [3.63, 3.8) is 0 Å². The summed E-state index contributed by atoms with van der Waals surface area (Å²) < 4.78 is 85.2. The molecule has 4 aromatic carbocycles. The predicted octanol–water partition coefficient (Wildman–Crippen LogP) is 6.98. The van der Waals surface area contributed by atoms with Gasteiger partial charge in [0.1, 0.15) is 39.2 Å². The summed E-state index contributed by atoms with van der Waals surface area (Å²) in [7, 11) is -6.79. The first-order valence-corrected chi connectivity index (χ1v) is 16.7. The summed E-state index contributed by atoms with van der Waals surface area (Å²) >= 11 is 0. The number of phenols is 2. The molecular formula is C29H24F2N8O7S2. The fourth-order valence-corrected chi connectivity index (χ4v) is 5.91. The number of halogens is 2. The molecule has 1 aromatic heterocycles. The molecule has 0 spiro atoms. The molecule has 48 heavy (non-hydrogen) atoms. The van der Waals surface area contributed by atoms with Crippen LogP contribution in [0.3, 0.4) is 0 Å². The fraction of sp³-hybridized carbons (Fsp3) is 0.103. The van der Waals surface area contributed by atoms with Crippen LogP contribution >= 0.6 is 0 Å². The maximum absolute atomic E-state index is 13.5. The van der Waals surface area contributed by atoms with Crippen LogP contribution in [0.15, 0.2) is 97.0 Å². The zero-order chi connectivity index (χ0) is 34.8. The fourth-order valence-electron chi connectivity index (χ4n) is 4.41. The van der Waals surface area contributed by atoms with E-state index >= 15 is 0 Å². The van der Waals surface area contributed by atoms with Crippen molar-refractivity contribution in [3.05, 3.63) is 78.8 Å². The summed E-state index contributed by atoms with van der Waals surface area (Å²) in [4.78, 5) is 5.61. The molecule has 1 heterocycles. The second-order valence-electron chi connectivity index (χ2n) is 9.82. The number of hydrogen-bond donors (Lipinski definition) is 5. The third-order valence-corrected chi connectivity index (χ3v) is 9.41. The van der Waals surface area contributed by atoms with Crippen LogP contribution in [0.25, 0.3) is 10.8 Å². The first-order chi connectivity index (χ1) is 22.7. The number of aromatic nitrogens is 2. The largest absolute Gasteiger partial charge is 0.506 e. The number of nitrogens with zero attached hydrogens (tertiary/aromatic N) is 6. The van der Waals surface area contributed by atoms with E-state index in [1.807, 2.05) is 0 Å². The van der Waals surface area contributed by atoms with Crippen LogP contribution in [0.2, 0.25) is 0 Å². The van der Waals surface area contributed by atoms with Gasteiger partial charge in [-0.15, -0.1) is 20.5 Å². The SMILES string of the molecule is CCS(=O)(=O)c1ccc(N=Nc2ccc3c(N=Nc4cc(Nc5cc(F)nc(F)n5)ccc4S(=O)(=O)O)c(NC)ccc3c2O)c(O)c1. The molecule has 0 aliphatic carbocycles. The topological polar surface area (TPSA) is 228 Å². The molecule has 0 radical (unpaired) electrons. The van der Waals surface area contributed by atoms with Crippen molar-refractivity contribution in [2.24, 2.45) is 20.5 Å². The summed E-state index contributed by atoms with van der Waals surface area (Å²) in [5, 5.41) is 43.6. The second kappa shape index (κ2) is 13.2. The molecule has 0 bridgehead atoms. The number of nitrogens with one attached hydrogen (secondary N) is 2. The van der Waals surface area contributed by atoms with Crippen molar-refractivity contribution in [1.82, 2.24) is 9.97 Å². The molecule has 5 N–H and O–H groups in total. The van der Waals surface area contributed by atoms with Crippen molar-refractivity contribution in [3.8, 4) is 11.5 Å². The molecule has 19 heteroatoms. The monoisotopic (exact) mass is 698 g/mol. The molecular weight excluding hydrogens is 674 g/mol. The first-order valence-electron chi connectivity index (χ1n) is 13.6. The maximum Gasteiger partial charge on any atom is 0.313 e. The minimum Gasteiger partial charge on any atom is -0.506 e. The lowest BCUT2D eigenvalue weighted by Gasteiger charge is -2.11. The Morgan fingerprint density at radius 3 is 2.15 bits per heavy atom. The van der Waals surface area contributed by atoms with Gasteiger partial charge in [0.15, 0.2) is 15.6 Å². The lowest BCUT2D eigenvalue weighted by atomic mass is 10.1. The van der Waals surface area contributed by atoms with Crippen LogP contribution in [0, 0.1) is 12.0 Å². The minimum absolute atomic E-state index is 0.0164. The molecule has 248 valence electrons. The van der Waals surface area contributed by atoms with E-state index in [-0.39, 0.29) is 56.0 Å². The van der Waals surface area contributed by atoms with Gasteiger partial charge in [-0.2, -0.15) is 27.2 Å². The number of phenolic OH excluding ortho intramolecular Hbond substituents is 2. The third-order valence-electron chi connectivity index (χ3n) is 6.78. The number of fused-ring (bicyclic) bond motifs is 1. The highest BCUT2D eigenvalue weighted by molar-refractivity contribution is 7.91. The summed E-state index contributed by atoms with van der Waals surface area (Å²) in [6.07, 6.45) is -1.34. The quantitative estimate of drug-likeness (QED) is 0.0432. The van der Waals surface area contributed by atoms with Gasteiger partial charge in [0.05, 0.1) is 16.3 Å². The third kappa shape index (κ3) is 7.17. The predicted molar refractivity (Wildman–Crippen MR) is 171 cm³/mol. The highest BCUT2D eigenvalue weighted by Crippen LogP contribution is 2.43.